The van der Waals surface area contributed by atoms with E-state index in [-0.39, 0.29) is 11.5 Å². The smallest absolute Gasteiger partial charge is 0.331 e. The molecule has 0 bridgehead atoms. The van der Waals surface area contributed by atoms with Gasteiger partial charge in [-0.2, -0.15) is 0 Å². The lowest BCUT2D eigenvalue weighted by Crippen LogP contribution is -2.62. The Labute approximate surface area is 128 Å². The Morgan fingerprint density at radius 3 is 2.57 bits per heavy atom. The van der Waals surface area contributed by atoms with E-state index in [9.17, 15) is 4.79 Å². The van der Waals surface area contributed by atoms with Gasteiger partial charge in [-0.3, -0.25) is 0 Å². The molecule has 1 aliphatic rings. The van der Waals surface area contributed by atoms with E-state index in [4.69, 9.17) is 4.74 Å². The van der Waals surface area contributed by atoms with Crippen LogP contribution in [0.3, 0.4) is 0 Å². The standard InChI is InChI=1S/C18H27NO2/c1-12-8-9-14-13(2)11-17(3,4)19(15(14)10-12)18(5,6)16(20)21-7/h8-10,13H,11H2,1-7H3/t13-/m1/s1. The van der Waals surface area contributed by atoms with Crippen LogP contribution in [0.1, 0.15) is 58.1 Å². The van der Waals surface area contributed by atoms with E-state index >= 15 is 0 Å². The van der Waals surface area contributed by atoms with Crippen molar-refractivity contribution >= 4 is 11.7 Å². The van der Waals surface area contributed by atoms with Crippen LogP contribution in [0.5, 0.6) is 0 Å². The number of ether oxygens (including phenoxy) is 1. The maximum Gasteiger partial charge on any atom is 0.331 e. The maximum absolute atomic E-state index is 12.3. The Hall–Kier alpha value is -1.51. The van der Waals surface area contributed by atoms with Crippen molar-refractivity contribution in [1.29, 1.82) is 0 Å². The summed E-state index contributed by atoms with van der Waals surface area (Å²) in [5.74, 6) is 0.290. The Morgan fingerprint density at radius 1 is 1.38 bits per heavy atom. The molecule has 1 aromatic rings. The van der Waals surface area contributed by atoms with Gasteiger partial charge < -0.3 is 9.64 Å². The third-order valence-electron chi connectivity index (χ3n) is 4.61. The molecule has 1 heterocycles. The highest BCUT2D eigenvalue weighted by atomic mass is 16.5. The molecule has 0 aliphatic carbocycles. The average molecular weight is 289 g/mol. The van der Waals surface area contributed by atoms with Gasteiger partial charge in [0.1, 0.15) is 5.54 Å². The fourth-order valence-corrected chi connectivity index (χ4v) is 3.94. The summed E-state index contributed by atoms with van der Waals surface area (Å²) >= 11 is 0. The number of carbonyl (C=O) groups is 1. The van der Waals surface area contributed by atoms with Crippen molar-refractivity contribution < 1.29 is 9.53 Å². The number of aryl methyl sites for hydroxylation is 1. The van der Waals surface area contributed by atoms with Crippen LogP contribution in [0.15, 0.2) is 18.2 Å². The number of carbonyl (C=O) groups excluding carboxylic acids is 1. The number of nitrogens with zero attached hydrogens (tertiary/aromatic N) is 1. The number of benzene rings is 1. The fourth-order valence-electron chi connectivity index (χ4n) is 3.94. The molecular formula is C18H27NO2. The molecule has 2 rings (SSSR count). The third-order valence-corrected chi connectivity index (χ3v) is 4.61. The van der Waals surface area contributed by atoms with E-state index < -0.39 is 5.54 Å². The Balaban J connectivity index is 2.65. The van der Waals surface area contributed by atoms with Gasteiger partial charge in [0.2, 0.25) is 0 Å². The van der Waals surface area contributed by atoms with Crippen molar-refractivity contribution in [2.75, 3.05) is 12.0 Å². The van der Waals surface area contributed by atoms with Crippen molar-refractivity contribution in [3.63, 3.8) is 0 Å². The van der Waals surface area contributed by atoms with Crippen LogP contribution in [0, 0.1) is 6.92 Å². The number of fused-ring (bicyclic) bond motifs is 1. The SMILES string of the molecule is COC(=O)C(C)(C)N1c2cc(C)ccc2[C@H](C)CC1(C)C. The zero-order valence-corrected chi connectivity index (χ0v) is 14.3. The second kappa shape index (κ2) is 5.04. The first-order valence-corrected chi connectivity index (χ1v) is 7.60. The first kappa shape index (κ1) is 15.9. The summed E-state index contributed by atoms with van der Waals surface area (Å²) in [6.45, 7) is 12.7. The summed E-state index contributed by atoms with van der Waals surface area (Å²) < 4.78 is 5.05. The van der Waals surface area contributed by atoms with Crippen LogP contribution in [0.2, 0.25) is 0 Å². The summed E-state index contributed by atoms with van der Waals surface area (Å²) in [7, 11) is 1.46. The second-order valence-electron chi connectivity index (χ2n) is 7.37. The number of hydrogen-bond acceptors (Lipinski definition) is 3. The van der Waals surface area contributed by atoms with Crippen LogP contribution in [-0.4, -0.2) is 24.2 Å². The van der Waals surface area contributed by atoms with E-state index in [0.717, 1.165) is 12.1 Å². The van der Waals surface area contributed by atoms with Crippen LogP contribution < -0.4 is 4.90 Å². The summed E-state index contributed by atoms with van der Waals surface area (Å²) in [5, 5.41) is 0. The molecule has 1 aliphatic heterocycles. The highest BCUT2D eigenvalue weighted by Gasteiger charge is 2.47. The summed E-state index contributed by atoms with van der Waals surface area (Å²) in [4.78, 5) is 14.6. The first-order valence-electron chi connectivity index (χ1n) is 7.60. The van der Waals surface area contributed by atoms with E-state index in [0.29, 0.717) is 5.92 Å². The number of hydrogen-bond donors (Lipinski definition) is 0. The first-order chi connectivity index (χ1) is 9.61. The minimum atomic E-state index is -0.694. The molecule has 3 nitrogen and oxygen atoms in total. The van der Waals surface area contributed by atoms with Gasteiger partial charge in [-0.1, -0.05) is 19.1 Å². The molecule has 0 radical (unpaired) electrons. The van der Waals surface area contributed by atoms with Gasteiger partial charge in [0.15, 0.2) is 0 Å². The van der Waals surface area contributed by atoms with Gasteiger partial charge in [-0.05, 0) is 64.2 Å². The van der Waals surface area contributed by atoms with Gasteiger partial charge in [0.25, 0.3) is 0 Å². The van der Waals surface area contributed by atoms with E-state index in [1.807, 2.05) is 13.8 Å². The van der Waals surface area contributed by atoms with Crippen molar-refractivity contribution in [3.8, 4) is 0 Å². The highest BCUT2D eigenvalue weighted by molar-refractivity contribution is 5.86. The quantitative estimate of drug-likeness (QED) is 0.770. The number of methoxy groups -OCH3 is 1. The molecule has 21 heavy (non-hydrogen) atoms. The van der Waals surface area contributed by atoms with Crippen molar-refractivity contribution in [2.45, 2.75) is 65.0 Å². The van der Waals surface area contributed by atoms with Gasteiger partial charge >= 0.3 is 5.97 Å². The summed E-state index contributed by atoms with van der Waals surface area (Å²) in [5.41, 5.74) is 2.90. The molecule has 116 valence electrons. The van der Waals surface area contributed by atoms with Crippen molar-refractivity contribution in [1.82, 2.24) is 0 Å². The number of esters is 1. The largest absolute Gasteiger partial charge is 0.467 e. The van der Waals surface area contributed by atoms with E-state index in [1.54, 1.807) is 0 Å². The summed E-state index contributed by atoms with van der Waals surface area (Å²) in [6.07, 6.45) is 1.02. The molecule has 0 fully saturated rings. The predicted molar refractivity (Wildman–Crippen MR) is 86.9 cm³/mol. The Bertz CT molecular complexity index is 560. The molecule has 3 heteroatoms. The lowest BCUT2D eigenvalue weighted by molar-refractivity contribution is -0.146. The average Bonchev–Trinajstić information content (AvgIpc) is 2.35. The molecule has 0 unspecified atom stereocenters. The number of rotatable bonds is 2. The van der Waals surface area contributed by atoms with Crippen LogP contribution in [-0.2, 0) is 9.53 Å². The third kappa shape index (κ3) is 2.54. The molecule has 1 aromatic carbocycles. The maximum atomic E-state index is 12.3. The molecule has 0 N–H and O–H groups in total. The molecule has 0 aromatic heterocycles. The van der Waals surface area contributed by atoms with Crippen molar-refractivity contribution in [2.24, 2.45) is 0 Å². The second-order valence-corrected chi connectivity index (χ2v) is 7.37. The monoisotopic (exact) mass is 289 g/mol. The summed E-state index contributed by atoms with van der Waals surface area (Å²) in [6, 6.07) is 6.54. The predicted octanol–water partition coefficient (Wildman–Crippen LogP) is 4.04. The lowest BCUT2D eigenvalue weighted by atomic mass is 9.77. The lowest BCUT2D eigenvalue weighted by Gasteiger charge is -2.53. The molecular weight excluding hydrogens is 262 g/mol. The topological polar surface area (TPSA) is 29.5 Å². The van der Waals surface area contributed by atoms with Gasteiger partial charge in [-0.15, -0.1) is 0 Å². The van der Waals surface area contributed by atoms with Crippen LogP contribution in [0.25, 0.3) is 0 Å². The molecule has 0 spiro atoms. The van der Waals surface area contributed by atoms with Crippen LogP contribution >= 0.6 is 0 Å². The fraction of sp³-hybridized carbons (Fsp3) is 0.611. The van der Waals surface area contributed by atoms with E-state index in [1.165, 1.54) is 18.2 Å². The normalized spacial score (nSPS) is 20.9. The van der Waals surface area contributed by atoms with E-state index in [2.05, 4.69) is 50.8 Å². The molecule has 1 atom stereocenters. The van der Waals surface area contributed by atoms with Gasteiger partial charge in [0, 0.05) is 11.2 Å². The highest BCUT2D eigenvalue weighted by Crippen LogP contribution is 2.47. The molecule has 0 saturated heterocycles. The number of anilines is 1. The molecule has 0 saturated carbocycles. The minimum Gasteiger partial charge on any atom is -0.467 e. The minimum absolute atomic E-state index is 0.0993. The zero-order valence-electron chi connectivity index (χ0n) is 14.3. The van der Waals surface area contributed by atoms with Gasteiger partial charge in [0.05, 0.1) is 7.11 Å². The van der Waals surface area contributed by atoms with Crippen LogP contribution in [0.4, 0.5) is 5.69 Å². The Morgan fingerprint density at radius 2 is 2.00 bits per heavy atom. The van der Waals surface area contributed by atoms with Crippen molar-refractivity contribution in [3.05, 3.63) is 29.3 Å². The molecule has 0 amide bonds. The zero-order chi connectivity index (χ0) is 16.0. The van der Waals surface area contributed by atoms with Gasteiger partial charge in [-0.25, -0.2) is 4.79 Å². The Kier molecular flexibility index (Phi) is 3.81.